The number of halogens is 1. The molecule has 0 bridgehead atoms. The zero-order chi connectivity index (χ0) is 13.2. The molecule has 3 aromatic rings. The van der Waals surface area contributed by atoms with E-state index in [0.717, 1.165) is 20.6 Å². The largest absolute Gasteiger partial charge is 0.399 e. The maximum absolute atomic E-state index is 5.76. The first-order valence-corrected chi connectivity index (χ1v) is 7.11. The van der Waals surface area contributed by atoms with Crippen LogP contribution in [0.4, 0.5) is 17.1 Å². The van der Waals surface area contributed by atoms with Crippen molar-refractivity contribution in [1.82, 2.24) is 0 Å². The van der Waals surface area contributed by atoms with Crippen LogP contribution >= 0.6 is 22.6 Å². The fourth-order valence-corrected chi connectivity index (χ4v) is 2.73. The van der Waals surface area contributed by atoms with Crippen LogP contribution in [0.25, 0.3) is 10.8 Å². The van der Waals surface area contributed by atoms with E-state index in [4.69, 9.17) is 5.73 Å². The Morgan fingerprint density at radius 1 is 0.842 bits per heavy atom. The Balaban J connectivity index is 1.96. The Kier molecular flexibility index (Phi) is 3.29. The summed E-state index contributed by atoms with van der Waals surface area (Å²) in [6.07, 6.45) is 0. The highest BCUT2D eigenvalue weighted by molar-refractivity contribution is 14.1. The van der Waals surface area contributed by atoms with Crippen LogP contribution in [0.3, 0.4) is 0 Å². The van der Waals surface area contributed by atoms with Crippen LogP contribution < -0.4 is 11.1 Å². The molecule has 0 saturated carbocycles. The standard InChI is InChI=1S/C16H13IN2/c17-15-10-13(18)6-8-16(15)19-14-7-5-11-3-1-2-4-12(11)9-14/h1-10,19H,18H2. The molecule has 0 aliphatic carbocycles. The highest BCUT2D eigenvalue weighted by atomic mass is 127. The minimum absolute atomic E-state index is 0.786. The van der Waals surface area contributed by atoms with E-state index in [9.17, 15) is 0 Å². The van der Waals surface area contributed by atoms with Crippen molar-refractivity contribution in [2.45, 2.75) is 0 Å². The van der Waals surface area contributed by atoms with Crippen LogP contribution in [0.5, 0.6) is 0 Å². The number of anilines is 3. The molecular weight excluding hydrogens is 347 g/mol. The monoisotopic (exact) mass is 360 g/mol. The normalized spacial score (nSPS) is 10.6. The fraction of sp³-hybridized carbons (Fsp3) is 0. The minimum atomic E-state index is 0.786. The molecule has 0 fully saturated rings. The Labute approximate surface area is 125 Å². The van der Waals surface area contributed by atoms with Gasteiger partial charge in [0.1, 0.15) is 0 Å². The third-order valence-corrected chi connectivity index (χ3v) is 3.91. The maximum atomic E-state index is 5.76. The van der Waals surface area contributed by atoms with Crippen molar-refractivity contribution >= 4 is 50.4 Å². The Hall–Kier alpha value is -1.75. The molecule has 0 aliphatic rings. The van der Waals surface area contributed by atoms with Gasteiger partial charge in [0.25, 0.3) is 0 Å². The number of rotatable bonds is 2. The lowest BCUT2D eigenvalue weighted by Crippen LogP contribution is -1.94. The third-order valence-electron chi connectivity index (χ3n) is 3.02. The van der Waals surface area contributed by atoms with Gasteiger partial charge in [-0.2, -0.15) is 0 Å². The van der Waals surface area contributed by atoms with Crippen LogP contribution in [0.1, 0.15) is 0 Å². The van der Waals surface area contributed by atoms with Gasteiger partial charge in [0.05, 0.1) is 5.69 Å². The number of nitrogens with one attached hydrogen (secondary N) is 1. The molecular formula is C16H13IN2. The van der Waals surface area contributed by atoms with E-state index in [1.54, 1.807) is 0 Å². The van der Waals surface area contributed by atoms with Gasteiger partial charge in [0.2, 0.25) is 0 Å². The van der Waals surface area contributed by atoms with E-state index in [1.165, 1.54) is 10.8 Å². The summed E-state index contributed by atoms with van der Waals surface area (Å²) in [6, 6.07) is 20.6. The van der Waals surface area contributed by atoms with Crippen LogP contribution in [-0.4, -0.2) is 0 Å². The van der Waals surface area contributed by atoms with Crippen LogP contribution in [-0.2, 0) is 0 Å². The predicted molar refractivity (Wildman–Crippen MR) is 90.8 cm³/mol. The molecule has 0 amide bonds. The zero-order valence-electron chi connectivity index (χ0n) is 10.2. The summed E-state index contributed by atoms with van der Waals surface area (Å²) >= 11 is 2.29. The van der Waals surface area contributed by atoms with Crippen molar-refractivity contribution < 1.29 is 0 Å². The molecule has 3 aromatic carbocycles. The molecule has 19 heavy (non-hydrogen) atoms. The second kappa shape index (κ2) is 5.09. The molecule has 0 heterocycles. The van der Waals surface area contributed by atoms with Crippen molar-refractivity contribution in [3.63, 3.8) is 0 Å². The molecule has 94 valence electrons. The highest BCUT2D eigenvalue weighted by Crippen LogP contribution is 2.26. The van der Waals surface area contributed by atoms with Crippen molar-refractivity contribution in [2.75, 3.05) is 11.1 Å². The number of fused-ring (bicyclic) bond motifs is 1. The molecule has 0 atom stereocenters. The Bertz CT molecular complexity index is 738. The lowest BCUT2D eigenvalue weighted by Gasteiger charge is -2.10. The molecule has 0 aromatic heterocycles. The van der Waals surface area contributed by atoms with Crippen LogP contribution in [0.15, 0.2) is 60.7 Å². The van der Waals surface area contributed by atoms with Gasteiger partial charge in [-0.3, -0.25) is 0 Å². The van der Waals surface area contributed by atoms with Crippen molar-refractivity contribution in [3.8, 4) is 0 Å². The van der Waals surface area contributed by atoms with Gasteiger partial charge in [-0.1, -0.05) is 30.3 Å². The number of hydrogen-bond acceptors (Lipinski definition) is 2. The second-order valence-electron chi connectivity index (χ2n) is 4.43. The molecule has 3 N–H and O–H groups in total. The second-order valence-corrected chi connectivity index (χ2v) is 5.59. The molecule has 3 heteroatoms. The summed E-state index contributed by atoms with van der Waals surface area (Å²) in [5.41, 5.74) is 8.71. The smallest absolute Gasteiger partial charge is 0.0521 e. The van der Waals surface area contributed by atoms with E-state index < -0.39 is 0 Å². The molecule has 0 spiro atoms. The van der Waals surface area contributed by atoms with Crippen LogP contribution in [0, 0.1) is 3.57 Å². The van der Waals surface area contributed by atoms with Gasteiger partial charge in [0, 0.05) is 14.9 Å². The SMILES string of the molecule is Nc1ccc(Nc2ccc3ccccc3c2)c(I)c1. The summed E-state index contributed by atoms with van der Waals surface area (Å²) in [5.74, 6) is 0. The number of hydrogen-bond donors (Lipinski definition) is 2. The third kappa shape index (κ3) is 2.66. The van der Waals surface area contributed by atoms with Gasteiger partial charge in [-0.25, -0.2) is 0 Å². The quantitative estimate of drug-likeness (QED) is 0.510. The first-order chi connectivity index (χ1) is 9.22. The van der Waals surface area contributed by atoms with Gasteiger partial charge in [0.15, 0.2) is 0 Å². The minimum Gasteiger partial charge on any atom is -0.399 e. The maximum Gasteiger partial charge on any atom is 0.0521 e. The van der Waals surface area contributed by atoms with Crippen molar-refractivity contribution in [2.24, 2.45) is 0 Å². The summed E-state index contributed by atoms with van der Waals surface area (Å²) in [7, 11) is 0. The average molecular weight is 360 g/mol. The zero-order valence-corrected chi connectivity index (χ0v) is 12.4. The molecule has 0 aliphatic heterocycles. The van der Waals surface area contributed by atoms with Crippen molar-refractivity contribution in [1.29, 1.82) is 0 Å². The van der Waals surface area contributed by atoms with E-state index in [-0.39, 0.29) is 0 Å². The summed E-state index contributed by atoms with van der Waals surface area (Å²) < 4.78 is 1.12. The fourth-order valence-electron chi connectivity index (χ4n) is 2.06. The number of nitrogens with two attached hydrogens (primary N) is 1. The molecule has 2 nitrogen and oxygen atoms in total. The van der Waals surface area contributed by atoms with E-state index in [2.05, 4.69) is 70.4 Å². The first kappa shape index (κ1) is 12.3. The van der Waals surface area contributed by atoms with E-state index in [1.807, 2.05) is 18.2 Å². The summed E-state index contributed by atoms with van der Waals surface area (Å²) in [4.78, 5) is 0. The number of benzene rings is 3. The molecule has 0 radical (unpaired) electrons. The van der Waals surface area contributed by atoms with E-state index in [0.29, 0.717) is 0 Å². The first-order valence-electron chi connectivity index (χ1n) is 6.03. The number of nitrogen functional groups attached to an aromatic ring is 1. The Morgan fingerprint density at radius 2 is 1.63 bits per heavy atom. The lowest BCUT2D eigenvalue weighted by atomic mass is 10.1. The molecule has 3 rings (SSSR count). The summed E-state index contributed by atoms with van der Waals surface area (Å²) in [5, 5.41) is 5.91. The molecule has 0 unspecified atom stereocenters. The Morgan fingerprint density at radius 3 is 2.42 bits per heavy atom. The van der Waals surface area contributed by atoms with Crippen molar-refractivity contribution in [3.05, 3.63) is 64.2 Å². The van der Waals surface area contributed by atoms with Gasteiger partial charge < -0.3 is 11.1 Å². The van der Waals surface area contributed by atoms with Gasteiger partial charge >= 0.3 is 0 Å². The summed E-state index contributed by atoms with van der Waals surface area (Å²) in [6.45, 7) is 0. The topological polar surface area (TPSA) is 38.0 Å². The average Bonchev–Trinajstić information content (AvgIpc) is 2.42. The van der Waals surface area contributed by atoms with Gasteiger partial charge in [-0.15, -0.1) is 0 Å². The lowest BCUT2D eigenvalue weighted by molar-refractivity contribution is 1.53. The predicted octanol–water partition coefficient (Wildman–Crippen LogP) is 4.77. The van der Waals surface area contributed by atoms with Gasteiger partial charge in [-0.05, 0) is 63.7 Å². The molecule has 0 saturated heterocycles. The highest BCUT2D eigenvalue weighted by Gasteiger charge is 2.01. The van der Waals surface area contributed by atoms with Crippen LogP contribution in [0.2, 0.25) is 0 Å². The van der Waals surface area contributed by atoms with E-state index >= 15 is 0 Å².